The van der Waals surface area contributed by atoms with Crippen molar-refractivity contribution in [3.8, 4) is 17.2 Å². The number of nitrogens with one attached hydrogen (secondary N) is 1. The second-order valence-corrected chi connectivity index (χ2v) is 5.97. The van der Waals surface area contributed by atoms with Gasteiger partial charge in [-0.25, -0.2) is 4.79 Å². The van der Waals surface area contributed by atoms with Crippen LogP contribution < -0.4 is 19.5 Å². The lowest BCUT2D eigenvalue weighted by atomic mass is 10.1. The van der Waals surface area contributed by atoms with Gasteiger partial charge in [-0.05, 0) is 37.0 Å². The number of benzene rings is 1. The maximum Gasteiger partial charge on any atom is 0.317 e. The summed E-state index contributed by atoms with van der Waals surface area (Å²) >= 11 is 0. The van der Waals surface area contributed by atoms with E-state index >= 15 is 0 Å². The van der Waals surface area contributed by atoms with Crippen LogP contribution in [-0.4, -0.2) is 45.3 Å². The van der Waals surface area contributed by atoms with Gasteiger partial charge in [-0.2, -0.15) is 0 Å². The van der Waals surface area contributed by atoms with Crippen molar-refractivity contribution in [1.82, 2.24) is 10.2 Å². The third kappa shape index (κ3) is 3.81. The first-order valence-electron chi connectivity index (χ1n) is 7.85. The fourth-order valence-corrected chi connectivity index (χ4v) is 2.83. The van der Waals surface area contributed by atoms with Crippen LogP contribution in [0, 0.1) is 5.92 Å². The van der Waals surface area contributed by atoms with Crippen molar-refractivity contribution in [3.63, 3.8) is 0 Å². The van der Waals surface area contributed by atoms with Gasteiger partial charge in [0.15, 0.2) is 11.5 Å². The van der Waals surface area contributed by atoms with Gasteiger partial charge in [0.05, 0.1) is 27.4 Å². The third-order valence-electron chi connectivity index (χ3n) is 4.24. The molecule has 0 aliphatic carbocycles. The minimum absolute atomic E-state index is 0.0319. The lowest BCUT2D eigenvalue weighted by Crippen LogP contribution is -2.39. The first kappa shape index (κ1) is 17.2. The lowest BCUT2D eigenvalue weighted by molar-refractivity contribution is 0.204. The van der Waals surface area contributed by atoms with E-state index in [9.17, 15) is 4.79 Å². The second kappa shape index (κ2) is 7.44. The van der Waals surface area contributed by atoms with Crippen molar-refractivity contribution in [2.24, 2.45) is 5.92 Å². The molecular formula is C17H26N2O4. The van der Waals surface area contributed by atoms with Gasteiger partial charge in [0.2, 0.25) is 5.75 Å². The molecule has 23 heavy (non-hydrogen) atoms. The van der Waals surface area contributed by atoms with E-state index < -0.39 is 0 Å². The number of amides is 2. The number of urea groups is 1. The highest BCUT2D eigenvalue weighted by Gasteiger charge is 2.25. The molecule has 0 radical (unpaired) electrons. The Balaban J connectivity index is 2.15. The summed E-state index contributed by atoms with van der Waals surface area (Å²) in [5.41, 5.74) is 0.903. The van der Waals surface area contributed by atoms with Crippen molar-refractivity contribution in [2.45, 2.75) is 26.3 Å². The van der Waals surface area contributed by atoms with Gasteiger partial charge in [-0.15, -0.1) is 0 Å². The summed E-state index contributed by atoms with van der Waals surface area (Å²) in [6.07, 6.45) is 1.06. The van der Waals surface area contributed by atoms with Crippen LogP contribution in [0.15, 0.2) is 12.1 Å². The normalized spacial score (nSPS) is 18.5. The summed E-state index contributed by atoms with van der Waals surface area (Å²) in [5, 5.41) is 3.03. The zero-order valence-electron chi connectivity index (χ0n) is 14.5. The molecule has 1 aromatic rings. The summed E-state index contributed by atoms with van der Waals surface area (Å²) in [6.45, 7) is 5.73. The van der Waals surface area contributed by atoms with E-state index in [2.05, 4.69) is 12.2 Å². The summed E-state index contributed by atoms with van der Waals surface area (Å²) in [7, 11) is 4.73. The number of carbonyl (C=O) groups excluding carboxylic acids is 1. The number of nitrogens with zero attached hydrogens (tertiary/aromatic N) is 1. The number of methoxy groups -OCH3 is 3. The van der Waals surface area contributed by atoms with E-state index in [1.54, 1.807) is 21.3 Å². The number of hydrogen-bond donors (Lipinski definition) is 1. The molecule has 1 fully saturated rings. The number of hydrogen-bond acceptors (Lipinski definition) is 4. The number of likely N-dealkylation sites (tertiary alicyclic amines) is 1. The molecule has 1 heterocycles. The highest BCUT2D eigenvalue weighted by Crippen LogP contribution is 2.39. The van der Waals surface area contributed by atoms with Crippen LogP contribution in [-0.2, 0) is 0 Å². The van der Waals surface area contributed by atoms with Gasteiger partial charge in [0.1, 0.15) is 0 Å². The van der Waals surface area contributed by atoms with Crippen LogP contribution in [0.25, 0.3) is 0 Å². The molecule has 0 bridgehead atoms. The van der Waals surface area contributed by atoms with Gasteiger partial charge in [0, 0.05) is 13.1 Å². The predicted octanol–water partition coefficient (Wildman–Crippen LogP) is 2.82. The zero-order chi connectivity index (χ0) is 17.0. The molecule has 2 rings (SSSR count). The molecular weight excluding hydrogens is 296 g/mol. The van der Waals surface area contributed by atoms with Crippen molar-refractivity contribution in [3.05, 3.63) is 17.7 Å². The van der Waals surface area contributed by atoms with Gasteiger partial charge >= 0.3 is 6.03 Å². The first-order chi connectivity index (χ1) is 11.0. The molecule has 2 amide bonds. The van der Waals surface area contributed by atoms with Crippen LogP contribution in [0.5, 0.6) is 17.2 Å². The minimum atomic E-state index is -0.160. The van der Waals surface area contributed by atoms with Crippen molar-refractivity contribution < 1.29 is 19.0 Å². The highest BCUT2D eigenvalue weighted by molar-refractivity contribution is 5.75. The fraction of sp³-hybridized carbons (Fsp3) is 0.588. The average molecular weight is 322 g/mol. The van der Waals surface area contributed by atoms with Crippen molar-refractivity contribution in [2.75, 3.05) is 34.4 Å². The van der Waals surface area contributed by atoms with E-state index in [0.29, 0.717) is 23.2 Å². The van der Waals surface area contributed by atoms with E-state index in [4.69, 9.17) is 14.2 Å². The highest BCUT2D eigenvalue weighted by atomic mass is 16.5. The Hall–Kier alpha value is -2.11. The molecule has 2 unspecified atom stereocenters. The van der Waals surface area contributed by atoms with Gasteiger partial charge in [-0.1, -0.05) is 6.92 Å². The summed E-state index contributed by atoms with van der Waals surface area (Å²) in [5.74, 6) is 2.28. The van der Waals surface area contributed by atoms with Crippen LogP contribution in [0.3, 0.4) is 0 Å². The molecule has 6 nitrogen and oxygen atoms in total. The van der Waals surface area contributed by atoms with Crippen LogP contribution >= 0.6 is 0 Å². The number of ether oxygens (including phenoxy) is 3. The Kier molecular flexibility index (Phi) is 5.58. The van der Waals surface area contributed by atoms with Crippen molar-refractivity contribution in [1.29, 1.82) is 0 Å². The molecule has 1 aliphatic heterocycles. The van der Waals surface area contributed by atoms with Gasteiger partial charge in [-0.3, -0.25) is 0 Å². The molecule has 6 heteroatoms. The quantitative estimate of drug-likeness (QED) is 0.905. The second-order valence-electron chi connectivity index (χ2n) is 5.97. The Morgan fingerprint density at radius 2 is 1.83 bits per heavy atom. The molecule has 1 N–H and O–H groups in total. The van der Waals surface area contributed by atoms with E-state index in [-0.39, 0.29) is 12.1 Å². The molecule has 1 aliphatic rings. The standard InChI is InChI=1S/C17H26N2O4/c1-11-6-7-19(10-11)17(20)18-12(2)13-8-14(21-3)16(23-5)15(9-13)22-4/h8-9,11-12H,6-7,10H2,1-5H3,(H,18,20). The average Bonchev–Trinajstić information content (AvgIpc) is 2.99. The Morgan fingerprint density at radius 3 is 2.26 bits per heavy atom. The van der Waals surface area contributed by atoms with Gasteiger partial charge in [0.25, 0.3) is 0 Å². The maximum absolute atomic E-state index is 12.3. The number of carbonyl (C=O) groups is 1. The molecule has 1 aromatic carbocycles. The first-order valence-corrected chi connectivity index (χ1v) is 7.85. The molecule has 0 aromatic heterocycles. The zero-order valence-corrected chi connectivity index (χ0v) is 14.5. The fourth-order valence-electron chi connectivity index (χ4n) is 2.83. The topological polar surface area (TPSA) is 60.0 Å². The SMILES string of the molecule is COc1cc(C(C)NC(=O)N2CCC(C)C2)cc(OC)c1OC. The van der Waals surface area contributed by atoms with Crippen LogP contribution in [0.4, 0.5) is 4.79 Å². The molecule has 0 saturated carbocycles. The Morgan fingerprint density at radius 1 is 1.22 bits per heavy atom. The molecule has 2 atom stereocenters. The largest absolute Gasteiger partial charge is 0.493 e. The van der Waals surface area contributed by atoms with E-state index in [1.165, 1.54) is 0 Å². The third-order valence-corrected chi connectivity index (χ3v) is 4.24. The van der Waals surface area contributed by atoms with Crippen LogP contribution in [0.1, 0.15) is 31.9 Å². The monoisotopic (exact) mass is 322 g/mol. The number of rotatable bonds is 5. The van der Waals surface area contributed by atoms with Gasteiger partial charge < -0.3 is 24.4 Å². The Labute approximate surface area is 137 Å². The molecule has 0 spiro atoms. The minimum Gasteiger partial charge on any atom is -0.493 e. The molecule has 128 valence electrons. The molecule has 1 saturated heterocycles. The summed E-state index contributed by atoms with van der Waals surface area (Å²) in [4.78, 5) is 14.2. The smallest absolute Gasteiger partial charge is 0.317 e. The maximum atomic E-state index is 12.3. The van der Waals surface area contributed by atoms with E-state index in [0.717, 1.165) is 25.1 Å². The predicted molar refractivity (Wildman–Crippen MR) is 88.4 cm³/mol. The summed E-state index contributed by atoms with van der Waals surface area (Å²) < 4.78 is 16.0. The van der Waals surface area contributed by atoms with Crippen molar-refractivity contribution >= 4 is 6.03 Å². The summed E-state index contributed by atoms with van der Waals surface area (Å²) in [6, 6.07) is 3.53. The van der Waals surface area contributed by atoms with Crippen LogP contribution in [0.2, 0.25) is 0 Å². The Bertz CT molecular complexity index is 537. The van der Waals surface area contributed by atoms with E-state index in [1.807, 2.05) is 24.0 Å². The lowest BCUT2D eigenvalue weighted by Gasteiger charge is -2.22.